The van der Waals surface area contributed by atoms with E-state index in [1.165, 1.54) is 6.92 Å². The van der Waals surface area contributed by atoms with E-state index in [0.29, 0.717) is 6.54 Å². The smallest absolute Gasteiger partial charge is 0.455 e. The van der Waals surface area contributed by atoms with Crippen LogP contribution in [-0.4, -0.2) is 30.8 Å². The van der Waals surface area contributed by atoms with Gasteiger partial charge in [-0.1, -0.05) is 42.5 Å². The fourth-order valence-corrected chi connectivity index (χ4v) is 3.51. The Morgan fingerprint density at radius 2 is 1.66 bits per heavy atom. The third-order valence-corrected chi connectivity index (χ3v) is 5.87. The normalized spacial score (nSPS) is 18.5. The number of para-hydroxylation sites is 2. The molecular weight excluding hydrogens is 365 g/mol. The van der Waals surface area contributed by atoms with E-state index in [1.54, 1.807) is 0 Å². The van der Waals surface area contributed by atoms with Gasteiger partial charge in [-0.3, -0.25) is 4.79 Å². The first-order valence-electron chi connectivity index (χ1n) is 9.89. The average Bonchev–Trinajstić information content (AvgIpc) is 3.13. The lowest BCUT2D eigenvalue weighted by atomic mass is 9.77. The predicted octanol–water partition coefficient (Wildman–Crippen LogP) is 4.74. The van der Waals surface area contributed by atoms with E-state index >= 15 is 0 Å². The standard InChI is InChI=1S/C23H26BNO4/c1-15(26)25-14-17(24-28-22(2,3)23(4,5)29-24)13-16-9-8-11-19-18-10-6-7-12-20(18)27-21(16)19/h6-13H,14H2,1-5H3,(H,25,26). The molecule has 1 aliphatic rings. The summed E-state index contributed by atoms with van der Waals surface area (Å²) in [5.74, 6) is -0.102. The topological polar surface area (TPSA) is 60.7 Å². The molecule has 6 heteroatoms. The van der Waals surface area contributed by atoms with Gasteiger partial charge in [0.15, 0.2) is 0 Å². The Bertz CT molecular complexity index is 1100. The minimum atomic E-state index is -0.550. The van der Waals surface area contributed by atoms with Crippen molar-refractivity contribution < 1.29 is 18.5 Å². The third kappa shape index (κ3) is 3.58. The molecule has 0 radical (unpaired) electrons. The summed E-state index contributed by atoms with van der Waals surface area (Å²) >= 11 is 0. The van der Waals surface area contributed by atoms with Crippen molar-refractivity contribution in [3.8, 4) is 0 Å². The van der Waals surface area contributed by atoms with E-state index in [2.05, 4.69) is 17.4 Å². The summed E-state index contributed by atoms with van der Waals surface area (Å²) < 4.78 is 18.6. The van der Waals surface area contributed by atoms with Crippen LogP contribution in [0.3, 0.4) is 0 Å². The number of nitrogens with one attached hydrogen (secondary N) is 1. The largest absolute Gasteiger partial charge is 0.492 e. The minimum Gasteiger partial charge on any atom is -0.455 e. The first kappa shape index (κ1) is 19.7. The molecule has 3 aromatic rings. The Labute approximate surface area is 171 Å². The molecule has 0 atom stereocenters. The lowest BCUT2D eigenvalue weighted by Gasteiger charge is -2.32. The first-order valence-corrected chi connectivity index (χ1v) is 9.89. The molecule has 1 fully saturated rings. The highest BCUT2D eigenvalue weighted by Gasteiger charge is 2.52. The fourth-order valence-electron chi connectivity index (χ4n) is 3.51. The van der Waals surface area contributed by atoms with Gasteiger partial charge >= 0.3 is 7.12 Å². The van der Waals surface area contributed by atoms with Gasteiger partial charge in [-0.25, -0.2) is 0 Å². The van der Waals surface area contributed by atoms with Crippen LogP contribution in [0.1, 0.15) is 40.2 Å². The van der Waals surface area contributed by atoms with Crippen LogP contribution in [0.15, 0.2) is 52.4 Å². The number of furan rings is 1. The average molecular weight is 391 g/mol. The SMILES string of the molecule is CC(=O)NCC(=Cc1cccc2c1oc1ccccc12)B1OC(C)(C)C(C)(C)O1. The van der Waals surface area contributed by atoms with Crippen LogP contribution in [-0.2, 0) is 14.1 Å². The summed E-state index contributed by atoms with van der Waals surface area (Å²) in [5, 5.41) is 5.01. The van der Waals surface area contributed by atoms with Crippen LogP contribution in [0.2, 0.25) is 0 Å². The van der Waals surface area contributed by atoms with Crippen molar-refractivity contribution >= 4 is 41.0 Å². The third-order valence-electron chi connectivity index (χ3n) is 5.87. The highest BCUT2D eigenvalue weighted by atomic mass is 16.7. The zero-order chi connectivity index (χ0) is 20.8. The number of fused-ring (bicyclic) bond motifs is 3. The number of hydrogen-bond donors (Lipinski definition) is 1. The van der Waals surface area contributed by atoms with Crippen LogP contribution in [0.25, 0.3) is 28.0 Å². The molecule has 5 nitrogen and oxygen atoms in total. The highest BCUT2D eigenvalue weighted by Crippen LogP contribution is 2.39. The molecular formula is C23H26BNO4. The van der Waals surface area contributed by atoms with Gasteiger partial charge in [0.05, 0.1) is 11.2 Å². The summed E-state index contributed by atoms with van der Waals surface area (Å²) in [6.07, 6.45) is 2.00. The molecule has 0 saturated carbocycles. The summed E-state index contributed by atoms with van der Waals surface area (Å²) in [6.45, 7) is 9.91. The van der Waals surface area contributed by atoms with Crippen LogP contribution in [0, 0.1) is 0 Å². The second kappa shape index (κ2) is 7.04. The quantitative estimate of drug-likeness (QED) is 0.653. The van der Waals surface area contributed by atoms with Crippen LogP contribution >= 0.6 is 0 Å². The van der Waals surface area contributed by atoms with Crippen LogP contribution < -0.4 is 5.32 Å². The zero-order valence-electron chi connectivity index (χ0n) is 17.5. The molecule has 1 N–H and O–H groups in total. The van der Waals surface area contributed by atoms with Gasteiger partial charge in [-0.05, 0) is 39.2 Å². The lowest BCUT2D eigenvalue weighted by Crippen LogP contribution is -2.41. The van der Waals surface area contributed by atoms with Crippen molar-refractivity contribution in [2.75, 3.05) is 6.54 Å². The van der Waals surface area contributed by atoms with Crippen molar-refractivity contribution in [1.82, 2.24) is 5.32 Å². The summed E-state index contributed by atoms with van der Waals surface area (Å²) in [4.78, 5) is 11.6. The monoisotopic (exact) mass is 391 g/mol. The van der Waals surface area contributed by atoms with Crippen molar-refractivity contribution in [2.45, 2.75) is 45.8 Å². The van der Waals surface area contributed by atoms with Crippen LogP contribution in [0.5, 0.6) is 0 Å². The molecule has 1 amide bonds. The lowest BCUT2D eigenvalue weighted by molar-refractivity contribution is -0.118. The molecule has 0 spiro atoms. The van der Waals surface area contributed by atoms with Gasteiger partial charge in [0.25, 0.3) is 0 Å². The molecule has 1 aromatic heterocycles. The van der Waals surface area contributed by atoms with E-state index in [4.69, 9.17) is 13.7 Å². The molecule has 0 unspecified atom stereocenters. The predicted molar refractivity (Wildman–Crippen MR) is 116 cm³/mol. The Kier molecular flexibility index (Phi) is 4.79. The number of rotatable bonds is 4. The number of hydrogen-bond acceptors (Lipinski definition) is 4. The van der Waals surface area contributed by atoms with Gasteiger partial charge in [-0.15, -0.1) is 0 Å². The van der Waals surface area contributed by atoms with Crippen molar-refractivity contribution in [3.63, 3.8) is 0 Å². The molecule has 29 heavy (non-hydrogen) atoms. The van der Waals surface area contributed by atoms with Gasteiger partial charge in [0.1, 0.15) is 11.2 Å². The Hall–Kier alpha value is -2.57. The molecule has 1 aliphatic heterocycles. The van der Waals surface area contributed by atoms with Crippen molar-refractivity contribution in [1.29, 1.82) is 0 Å². The van der Waals surface area contributed by atoms with Crippen molar-refractivity contribution in [3.05, 3.63) is 53.5 Å². The van der Waals surface area contributed by atoms with E-state index in [1.807, 2.05) is 64.1 Å². The number of benzene rings is 2. The molecule has 0 bridgehead atoms. The summed E-state index contributed by atoms with van der Waals surface area (Å²) in [5.41, 5.74) is 2.50. The summed E-state index contributed by atoms with van der Waals surface area (Å²) in [6, 6.07) is 14.1. The van der Waals surface area contributed by atoms with E-state index in [9.17, 15) is 4.79 Å². The van der Waals surface area contributed by atoms with Crippen molar-refractivity contribution in [2.24, 2.45) is 0 Å². The Morgan fingerprint density at radius 1 is 1.00 bits per heavy atom. The number of carbonyl (C=O) groups excluding carboxylic acids is 1. The van der Waals surface area contributed by atoms with E-state index < -0.39 is 18.3 Å². The van der Waals surface area contributed by atoms with Gasteiger partial charge in [0.2, 0.25) is 5.91 Å². The van der Waals surface area contributed by atoms with Gasteiger partial charge < -0.3 is 19.0 Å². The van der Waals surface area contributed by atoms with Crippen LogP contribution in [0.4, 0.5) is 0 Å². The first-order chi connectivity index (χ1) is 13.7. The Balaban J connectivity index is 1.80. The number of amides is 1. The molecule has 0 aliphatic carbocycles. The van der Waals surface area contributed by atoms with Gasteiger partial charge in [0, 0.05) is 29.8 Å². The maximum absolute atomic E-state index is 11.6. The Morgan fingerprint density at radius 3 is 2.34 bits per heavy atom. The summed E-state index contributed by atoms with van der Waals surface area (Å²) in [7, 11) is -0.550. The molecule has 4 rings (SSSR count). The molecule has 150 valence electrons. The van der Waals surface area contributed by atoms with Gasteiger partial charge in [-0.2, -0.15) is 0 Å². The molecule has 2 heterocycles. The number of carbonyl (C=O) groups is 1. The van der Waals surface area contributed by atoms with E-state index in [0.717, 1.165) is 33.0 Å². The second-order valence-electron chi connectivity index (χ2n) is 8.54. The zero-order valence-corrected chi connectivity index (χ0v) is 17.5. The molecule has 1 saturated heterocycles. The maximum atomic E-state index is 11.6. The fraction of sp³-hybridized carbons (Fsp3) is 0.348. The highest BCUT2D eigenvalue weighted by molar-refractivity contribution is 6.56. The van der Waals surface area contributed by atoms with E-state index in [-0.39, 0.29) is 5.91 Å². The minimum absolute atomic E-state index is 0.102. The maximum Gasteiger partial charge on any atom is 0.492 e. The molecule has 2 aromatic carbocycles. The second-order valence-corrected chi connectivity index (χ2v) is 8.54.